The van der Waals surface area contributed by atoms with Gasteiger partial charge in [0, 0.05) is 17.5 Å². The Morgan fingerprint density at radius 3 is 2.89 bits per heavy atom. The predicted molar refractivity (Wildman–Crippen MR) is 81.2 cm³/mol. The van der Waals surface area contributed by atoms with Crippen molar-refractivity contribution in [3.05, 3.63) is 21.9 Å². The Morgan fingerprint density at radius 2 is 2.32 bits per heavy atom. The molecule has 1 aromatic heterocycles. The molecule has 19 heavy (non-hydrogen) atoms. The van der Waals surface area contributed by atoms with Crippen LogP contribution in [0.4, 0.5) is 0 Å². The van der Waals surface area contributed by atoms with Crippen LogP contribution in [-0.4, -0.2) is 55.4 Å². The van der Waals surface area contributed by atoms with Crippen molar-refractivity contribution in [3.8, 4) is 0 Å². The third-order valence-corrected chi connectivity index (χ3v) is 5.16. The molecule has 0 N–H and O–H groups in total. The lowest BCUT2D eigenvalue weighted by Gasteiger charge is -2.25. The van der Waals surface area contributed by atoms with Gasteiger partial charge in [0.15, 0.2) is 5.78 Å². The Morgan fingerprint density at radius 1 is 1.53 bits per heavy atom. The summed E-state index contributed by atoms with van der Waals surface area (Å²) in [5, 5.41) is 0. The van der Waals surface area contributed by atoms with E-state index < -0.39 is 0 Å². The summed E-state index contributed by atoms with van der Waals surface area (Å²) in [5.74, 6) is 0.257. The first-order valence-corrected chi connectivity index (χ1v) is 7.92. The maximum Gasteiger partial charge on any atom is 0.186 e. The molecule has 0 saturated carbocycles. The molecule has 106 valence electrons. The molecular formula is C15H24N2OS. The van der Waals surface area contributed by atoms with Crippen LogP contribution in [-0.2, 0) is 6.42 Å². The zero-order chi connectivity index (χ0) is 13.8. The number of ketones is 1. The lowest BCUT2D eigenvalue weighted by atomic mass is 10.2. The van der Waals surface area contributed by atoms with Crippen LogP contribution in [0.2, 0.25) is 0 Å². The number of carbonyl (C=O) groups excluding carboxylic acids is 1. The molecule has 2 rings (SSSR count). The van der Waals surface area contributed by atoms with E-state index in [1.165, 1.54) is 24.3 Å². The number of rotatable bonds is 6. The largest absolute Gasteiger partial charge is 0.302 e. The van der Waals surface area contributed by atoms with Gasteiger partial charge >= 0.3 is 0 Å². The minimum Gasteiger partial charge on any atom is -0.302 e. The molecule has 1 saturated heterocycles. The van der Waals surface area contributed by atoms with Gasteiger partial charge in [-0.15, -0.1) is 11.3 Å². The number of likely N-dealkylation sites (N-methyl/N-ethyl adjacent to an activating group) is 2. The summed E-state index contributed by atoms with van der Waals surface area (Å²) >= 11 is 1.64. The van der Waals surface area contributed by atoms with Gasteiger partial charge in [-0.05, 0) is 52.0 Å². The van der Waals surface area contributed by atoms with Gasteiger partial charge in [-0.2, -0.15) is 0 Å². The molecule has 0 aromatic carbocycles. The summed E-state index contributed by atoms with van der Waals surface area (Å²) in [5.41, 5.74) is 0. The minimum atomic E-state index is 0.257. The van der Waals surface area contributed by atoms with Crippen molar-refractivity contribution in [2.75, 3.05) is 33.7 Å². The lowest BCUT2D eigenvalue weighted by Crippen LogP contribution is -2.38. The van der Waals surface area contributed by atoms with Crippen molar-refractivity contribution in [3.63, 3.8) is 0 Å². The Hall–Kier alpha value is -0.710. The number of hydrogen-bond donors (Lipinski definition) is 0. The predicted octanol–water partition coefficient (Wildman–Crippen LogP) is 2.52. The van der Waals surface area contributed by atoms with Crippen molar-refractivity contribution >= 4 is 17.1 Å². The number of likely N-dealkylation sites (tertiary alicyclic amines) is 1. The fourth-order valence-corrected chi connectivity index (χ4v) is 3.55. The second-order valence-electron chi connectivity index (χ2n) is 5.52. The van der Waals surface area contributed by atoms with Gasteiger partial charge in [-0.25, -0.2) is 0 Å². The first-order valence-electron chi connectivity index (χ1n) is 7.11. The van der Waals surface area contributed by atoms with Crippen LogP contribution in [0.5, 0.6) is 0 Å². The highest BCUT2D eigenvalue weighted by molar-refractivity contribution is 7.14. The minimum absolute atomic E-state index is 0.257. The topological polar surface area (TPSA) is 23.6 Å². The summed E-state index contributed by atoms with van der Waals surface area (Å²) in [7, 11) is 4.23. The molecule has 0 amide bonds. The van der Waals surface area contributed by atoms with E-state index in [2.05, 4.69) is 36.9 Å². The first-order chi connectivity index (χ1) is 9.10. The second-order valence-corrected chi connectivity index (χ2v) is 6.68. The second kappa shape index (κ2) is 6.64. The molecule has 0 aliphatic carbocycles. The number of thiophene rings is 1. The van der Waals surface area contributed by atoms with E-state index in [0.29, 0.717) is 12.6 Å². The van der Waals surface area contributed by atoms with E-state index in [-0.39, 0.29) is 5.78 Å². The standard InChI is InChI=1S/C15H24N2OS/c1-4-13-7-8-15(19-13)14(18)11-16(2)10-12-6-5-9-17(12)3/h7-8,12H,4-6,9-11H2,1-3H3. The summed E-state index contributed by atoms with van der Waals surface area (Å²) in [4.78, 5) is 19.0. The average molecular weight is 280 g/mol. The summed E-state index contributed by atoms with van der Waals surface area (Å²) in [6.07, 6.45) is 3.56. The van der Waals surface area contributed by atoms with Gasteiger partial charge in [-0.1, -0.05) is 6.92 Å². The van der Waals surface area contributed by atoms with Gasteiger partial charge in [-0.3, -0.25) is 9.69 Å². The van der Waals surface area contributed by atoms with Gasteiger partial charge in [0.2, 0.25) is 0 Å². The number of hydrogen-bond acceptors (Lipinski definition) is 4. The number of aryl methyl sites for hydroxylation is 1. The number of nitrogens with zero attached hydrogens (tertiary/aromatic N) is 2. The first kappa shape index (κ1) is 14.7. The number of Topliss-reactive ketones (excluding diaryl/α,β-unsaturated/α-hetero) is 1. The molecule has 0 spiro atoms. The molecule has 2 heterocycles. The van der Waals surface area contributed by atoms with Crippen molar-refractivity contribution < 1.29 is 4.79 Å². The smallest absolute Gasteiger partial charge is 0.186 e. The average Bonchev–Trinajstić information content (AvgIpc) is 2.99. The third-order valence-electron chi connectivity index (χ3n) is 3.89. The summed E-state index contributed by atoms with van der Waals surface area (Å²) in [6, 6.07) is 4.66. The van der Waals surface area contributed by atoms with Crippen molar-refractivity contribution in [1.82, 2.24) is 9.80 Å². The molecule has 1 atom stereocenters. The van der Waals surface area contributed by atoms with E-state index in [1.54, 1.807) is 11.3 Å². The lowest BCUT2D eigenvalue weighted by molar-refractivity contribution is 0.0936. The van der Waals surface area contributed by atoms with Gasteiger partial charge in [0.1, 0.15) is 0 Å². The molecular weight excluding hydrogens is 256 g/mol. The molecule has 1 aliphatic rings. The molecule has 4 heteroatoms. The van der Waals surface area contributed by atoms with Crippen LogP contribution >= 0.6 is 11.3 Å². The summed E-state index contributed by atoms with van der Waals surface area (Å²) < 4.78 is 0. The van der Waals surface area contributed by atoms with E-state index in [9.17, 15) is 4.79 Å². The molecule has 1 fully saturated rings. The highest BCUT2D eigenvalue weighted by Gasteiger charge is 2.23. The SMILES string of the molecule is CCc1ccc(C(=O)CN(C)CC2CCCN2C)s1. The van der Waals surface area contributed by atoms with E-state index in [0.717, 1.165) is 17.8 Å². The monoisotopic (exact) mass is 280 g/mol. The van der Waals surface area contributed by atoms with Crippen LogP contribution in [0.1, 0.15) is 34.3 Å². The van der Waals surface area contributed by atoms with Crippen LogP contribution in [0.15, 0.2) is 12.1 Å². The van der Waals surface area contributed by atoms with Crippen LogP contribution in [0.25, 0.3) is 0 Å². The van der Waals surface area contributed by atoms with Gasteiger partial charge in [0.25, 0.3) is 0 Å². The number of carbonyl (C=O) groups is 1. The molecule has 0 radical (unpaired) electrons. The molecule has 1 unspecified atom stereocenters. The van der Waals surface area contributed by atoms with Crippen molar-refractivity contribution in [2.45, 2.75) is 32.2 Å². The fraction of sp³-hybridized carbons (Fsp3) is 0.667. The molecule has 1 aliphatic heterocycles. The Kier molecular flexibility index (Phi) is 5.13. The van der Waals surface area contributed by atoms with Crippen LogP contribution < -0.4 is 0 Å². The highest BCUT2D eigenvalue weighted by atomic mass is 32.1. The summed E-state index contributed by atoms with van der Waals surface area (Å²) in [6.45, 7) is 4.85. The zero-order valence-electron chi connectivity index (χ0n) is 12.2. The van der Waals surface area contributed by atoms with E-state index in [4.69, 9.17) is 0 Å². The fourth-order valence-electron chi connectivity index (χ4n) is 2.68. The third kappa shape index (κ3) is 3.88. The Balaban J connectivity index is 1.84. The van der Waals surface area contributed by atoms with Crippen LogP contribution in [0, 0.1) is 0 Å². The zero-order valence-corrected chi connectivity index (χ0v) is 13.0. The van der Waals surface area contributed by atoms with Crippen molar-refractivity contribution in [1.29, 1.82) is 0 Å². The van der Waals surface area contributed by atoms with Gasteiger partial charge in [0.05, 0.1) is 11.4 Å². The van der Waals surface area contributed by atoms with E-state index >= 15 is 0 Å². The Bertz CT molecular complexity index is 430. The normalized spacial score (nSPS) is 20.3. The Labute approximate surface area is 120 Å². The van der Waals surface area contributed by atoms with E-state index in [1.807, 2.05) is 6.07 Å². The van der Waals surface area contributed by atoms with Crippen LogP contribution in [0.3, 0.4) is 0 Å². The maximum atomic E-state index is 12.2. The quantitative estimate of drug-likeness (QED) is 0.748. The van der Waals surface area contributed by atoms with Gasteiger partial charge < -0.3 is 4.90 Å². The molecule has 3 nitrogen and oxygen atoms in total. The molecule has 0 bridgehead atoms. The van der Waals surface area contributed by atoms with Crippen molar-refractivity contribution in [2.24, 2.45) is 0 Å². The highest BCUT2D eigenvalue weighted by Crippen LogP contribution is 2.19. The molecule has 1 aromatic rings. The maximum absolute atomic E-state index is 12.2.